The van der Waals surface area contributed by atoms with E-state index in [9.17, 15) is 13.2 Å². The molecule has 144 valence electrons. The molecule has 9 nitrogen and oxygen atoms in total. The summed E-state index contributed by atoms with van der Waals surface area (Å²) in [6.07, 6.45) is 2.96. The van der Waals surface area contributed by atoms with Crippen molar-refractivity contribution in [1.29, 1.82) is 0 Å². The summed E-state index contributed by atoms with van der Waals surface area (Å²) < 4.78 is 29.7. The number of piperazine rings is 1. The fraction of sp³-hybridized carbons (Fsp3) is 0.688. The highest BCUT2D eigenvalue weighted by atomic mass is 32.2. The summed E-state index contributed by atoms with van der Waals surface area (Å²) in [5, 5.41) is 8.16. The van der Waals surface area contributed by atoms with Crippen molar-refractivity contribution in [3.8, 4) is 5.88 Å². The standard InChI is InChI=1S/C16H25N5O4S/c1-25-15-6-5-14(17-18-15)20-7-3-4-13(12-20)16(22)19-8-10-21(11-9-19)26(2,23)24/h5-6,13H,3-4,7-12H2,1-2H3/t13-/m0/s1. The van der Waals surface area contributed by atoms with Crippen LogP contribution in [0.25, 0.3) is 0 Å². The normalized spacial score (nSPS) is 22.3. The van der Waals surface area contributed by atoms with E-state index >= 15 is 0 Å². The maximum absolute atomic E-state index is 12.9. The molecule has 2 aliphatic heterocycles. The second-order valence-electron chi connectivity index (χ2n) is 6.71. The highest BCUT2D eigenvalue weighted by Crippen LogP contribution is 2.24. The van der Waals surface area contributed by atoms with Gasteiger partial charge in [0.15, 0.2) is 5.82 Å². The van der Waals surface area contributed by atoms with E-state index in [1.54, 1.807) is 18.1 Å². The van der Waals surface area contributed by atoms with Crippen molar-refractivity contribution in [3.63, 3.8) is 0 Å². The zero-order chi connectivity index (χ0) is 18.7. The molecule has 1 aromatic heterocycles. The van der Waals surface area contributed by atoms with E-state index in [0.29, 0.717) is 38.6 Å². The Bertz CT molecular complexity index is 732. The first kappa shape index (κ1) is 18.8. The molecule has 0 bridgehead atoms. The number of carbonyl (C=O) groups excluding carboxylic acids is 1. The van der Waals surface area contributed by atoms with E-state index in [1.807, 2.05) is 6.07 Å². The highest BCUT2D eigenvalue weighted by Gasteiger charge is 2.33. The van der Waals surface area contributed by atoms with Gasteiger partial charge in [-0.2, -0.15) is 4.31 Å². The van der Waals surface area contributed by atoms with Gasteiger partial charge in [0.25, 0.3) is 0 Å². The lowest BCUT2D eigenvalue weighted by atomic mass is 9.96. The molecule has 0 radical (unpaired) electrons. The second kappa shape index (κ2) is 7.75. The first-order valence-corrected chi connectivity index (χ1v) is 10.6. The van der Waals surface area contributed by atoms with Gasteiger partial charge in [0, 0.05) is 45.3 Å². The SMILES string of the molecule is COc1ccc(N2CCC[C@H](C(=O)N3CCN(S(C)(=O)=O)CC3)C2)nn1. The summed E-state index contributed by atoms with van der Waals surface area (Å²) in [7, 11) is -1.64. The molecule has 0 spiro atoms. The van der Waals surface area contributed by atoms with Crippen LogP contribution in [0.1, 0.15) is 12.8 Å². The van der Waals surface area contributed by atoms with Gasteiger partial charge in [-0.1, -0.05) is 0 Å². The molecule has 0 N–H and O–H groups in total. The Labute approximate surface area is 154 Å². The first-order valence-electron chi connectivity index (χ1n) is 8.75. The van der Waals surface area contributed by atoms with Crippen molar-refractivity contribution in [2.45, 2.75) is 12.8 Å². The predicted molar refractivity (Wildman–Crippen MR) is 96.5 cm³/mol. The molecule has 2 fully saturated rings. The van der Waals surface area contributed by atoms with Gasteiger partial charge in [-0.15, -0.1) is 10.2 Å². The summed E-state index contributed by atoms with van der Waals surface area (Å²) in [6.45, 7) is 3.07. The molecule has 1 amide bonds. The lowest BCUT2D eigenvalue weighted by molar-refractivity contribution is -0.137. The van der Waals surface area contributed by atoms with E-state index in [2.05, 4.69) is 15.1 Å². The molecule has 1 aromatic rings. The van der Waals surface area contributed by atoms with Crippen LogP contribution in [0.3, 0.4) is 0 Å². The van der Waals surface area contributed by atoms with Gasteiger partial charge in [-0.3, -0.25) is 4.79 Å². The predicted octanol–water partition coefficient (Wildman–Crippen LogP) is -0.195. The quantitative estimate of drug-likeness (QED) is 0.711. The van der Waals surface area contributed by atoms with Gasteiger partial charge in [0.2, 0.25) is 21.8 Å². The minimum absolute atomic E-state index is 0.0996. The minimum Gasteiger partial charge on any atom is -0.480 e. The molecular weight excluding hydrogens is 358 g/mol. The molecule has 2 aliphatic rings. The number of hydrogen-bond donors (Lipinski definition) is 0. The lowest BCUT2D eigenvalue weighted by Crippen LogP contribution is -2.53. The van der Waals surface area contributed by atoms with Crippen LogP contribution in [0.5, 0.6) is 5.88 Å². The van der Waals surface area contributed by atoms with Crippen LogP contribution >= 0.6 is 0 Å². The lowest BCUT2D eigenvalue weighted by Gasteiger charge is -2.38. The third-order valence-electron chi connectivity index (χ3n) is 4.95. The molecule has 26 heavy (non-hydrogen) atoms. The molecule has 2 saturated heterocycles. The van der Waals surface area contributed by atoms with Crippen LogP contribution in [0, 0.1) is 5.92 Å². The molecule has 3 rings (SSSR count). The number of methoxy groups -OCH3 is 1. The number of ether oxygens (including phenoxy) is 1. The van der Waals surface area contributed by atoms with E-state index in [0.717, 1.165) is 25.2 Å². The van der Waals surface area contributed by atoms with Crippen LogP contribution < -0.4 is 9.64 Å². The molecular formula is C16H25N5O4S. The summed E-state index contributed by atoms with van der Waals surface area (Å²) in [5.74, 6) is 1.20. The van der Waals surface area contributed by atoms with Crippen molar-refractivity contribution in [2.24, 2.45) is 5.92 Å². The Morgan fingerprint density at radius 2 is 1.88 bits per heavy atom. The van der Waals surface area contributed by atoms with Crippen molar-refractivity contribution >= 4 is 21.7 Å². The zero-order valence-electron chi connectivity index (χ0n) is 15.2. The number of anilines is 1. The fourth-order valence-corrected chi connectivity index (χ4v) is 4.30. The average molecular weight is 383 g/mol. The zero-order valence-corrected chi connectivity index (χ0v) is 16.0. The number of rotatable bonds is 4. The number of carbonyl (C=O) groups is 1. The molecule has 3 heterocycles. The summed E-state index contributed by atoms with van der Waals surface area (Å²) in [6, 6.07) is 3.61. The maximum Gasteiger partial charge on any atom is 0.233 e. The van der Waals surface area contributed by atoms with Crippen LogP contribution in [0.4, 0.5) is 5.82 Å². The van der Waals surface area contributed by atoms with Gasteiger partial charge in [-0.25, -0.2) is 8.42 Å². The Morgan fingerprint density at radius 3 is 2.46 bits per heavy atom. The van der Waals surface area contributed by atoms with Gasteiger partial charge < -0.3 is 14.5 Å². The van der Waals surface area contributed by atoms with Crippen molar-refractivity contribution in [2.75, 3.05) is 57.5 Å². The molecule has 0 saturated carbocycles. The smallest absolute Gasteiger partial charge is 0.233 e. The number of nitrogens with zero attached hydrogens (tertiary/aromatic N) is 5. The Kier molecular flexibility index (Phi) is 5.61. The van der Waals surface area contributed by atoms with Crippen molar-refractivity contribution < 1.29 is 17.9 Å². The van der Waals surface area contributed by atoms with Crippen LogP contribution in [0.2, 0.25) is 0 Å². The highest BCUT2D eigenvalue weighted by molar-refractivity contribution is 7.88. The van der Waals surface area contributed by atoms with Gasteiger partial charge in [0.1, 0.15) is 0 Å². The van der Waals surface area contributed by atoms with E-state index in [4.69, 9.17) is 4.74 Å². The van der Waals surface area contributed by atoms with Gasteiger partial charge in [-0.05, 0) is 18.9 Å². The summed E-state index contributed by atoms with van der Waals surface area (Å²) in [4.78, 5) is 16.7. The maximum atomic E-state index is 12.9. The number of sulfonamides is 1. The van der Waals surface area contributed by atoms with Gasteiger partial charge in [0.05, 0.1) is 19.3 Å². The van der Waals surface area contributed by atoms with Crippen LogP contribution in [-0.2, 0) is 14.8 Å². The fourth-order valence-electron chi connectivity index (χ4n) is 3.48. The van der Waals surface area contributed by atoms with E-state index in [1.165, 1.54) is 10.6 Å². The van der Waals surface area contributed by atoms with E-state index in [-0.39, 0.29) is 11.8 Å². The van der Waals surface area contributed by atoms with Crippen molar-refractivity contribution in [3.05, 3.63) is 12.1 Å². The number of aromatic nitrogens is 2. The van der Waals surface area contributed by atoms with Crippen molar-refractivity contribution in [1.82, 2.24) is 19.4 Å². The molecule has 0 unspecified atom stereocenters. The molecule has 0 aromatic carbocycles. The minimum atomic E-state index is -3.19. The Hall–Kier alpha value is -1.94. The summed E-state index contributed by atoms with van der Waals surface area (Å²) in [5.41, 5.74) is 0. The van der Waals surface area contributed by atoms with Crippen LogP contribution in [0.15, 0.2) is 12.1 Å². The molecule has 1 atom stereocenters. The van der Waals surface area contributed by atoms with Gasteiger partial charge >= 0.3 is 0 Å². The number of amides is 1. The second-order valence-corrected chi connectivity index (χ2v) is 8.69. The number of hydrogen-bond acceptors (Lipinski definition) is 7. The van der Waals surface area contributed by atoms with Crippen LogP contribution in [-0.4, -0.2) is 86.4 Å². The topological polar surface area (TPSA) is 95.9 Å². The third-order valence-corrected chi connectivity index (χ3v) is 6.25. The molecule has 10 heteroatoms. The van der Waals surface area contributed by atoms with E-state index < -0.39 is 10.0 Å². The first-order chi connectivity index (χ1) is 12.4. The average Bonchev–Trinajstić information content (AvgIpc) is 2.67. The number of piperidine rings is 1. The summed E-state index contributed by atoms with van der Waals surface area (Å²) >= 11 is 0. The third kappa shape index (κ3) is 4.24. The Balaban J connectivity index is 1.59. The monoisotopic (exact) mass is 383 g/mol. The molecule has 0 aliphatic carbocycles. The largest absolute Gasteiger partial charge is 0.480 e. The Morgan fingerprint density at radius 1 is 1.15 bits per heavy atom.